The Morgan fingerprint density at radius 1 is 0.833 bits per heavy atom. The molecule has 1 saturated heterocycles. The van der Waals surface area contributed by atoms with Gasteiger partial charge in [-0.15, -0.1) is 0 Å². The summed E-state index contributed by atoms with van der Waals surface area (Å²) in [6, 6.07) is 21.8. The number of benzene rings is 3. The number of para-hydroxylation sites is 2. The average Bonchev–Trinajstić information content (AvgIpc) is 3.02. The third-order valence-electron chi connectivity index (χ3n) is 6.94. The molecule has 0 atom stereocenters. The number of methoxy groups -OCH3 is 3. The van der Waals surface area contributed by atoms with Crippen molar-refractivity contribution in [3.63, 3.8) is 0 Å². The Bertz CT molecular complexity index is 1510. The predicted octanol–water partition coefficient (Wildman–Crippen LogP) is 5.33. The first-order chi connectivity index (χ1) is 20.5. The van der Waals surface area contributed by atoms with Crippen molar-refractivity contribution in [2.75, 3.05) is 69.7 Å². The van der Waals surface area contributed by atoms with Crippen LogP contribution in [0.4, 0.5) is 33.6 Å². The molecule has 5 rings (SSSR count). The molecule has 0 saturated carbocycles. The predicted molar refractivity (Wildman–Crippen MR) is 162 cm³/mol. The maximum Gasteiger partial charge on any atom is 0.425 e. The highest BCUT2D eigenvalue weighted by atomic mass is 16.6. The smallest absolute Gasteiger partial charge is 0.425 e. The summed E-state index contributed by atoms with van der Waals surface area (Å²) in [5.74, 6) is 2.21. The van der Waals surface area contributed by atoms with Gasteiger partial charge in [0.15, 0.2) is 11.5 Å². The van der Waals surface area contributed by atoms with Crippen molar-refractivity contribution >= 4 is 34.9 Å². The van der Waals surface area contributed by atoms with Gasteiger partial charge in [-0.2, -0.15) is 4.98 Å². The number of nitrogens with zero attached hydrogens (tertiary/aromatic N) is 5. The van der Waals surface area contributed by atoms with E-state index in [1.165, 1.54) is 24.8 Å². The molecule has 1 fully saturated rings. The van der Waals surface area contributed by atoms with Crippen molar-refractivity contribution in [3.05, 3.63) is 79.0 Å². The molecule has 0 unspecified atom stereocenters. The summed E-state index contributed by atoms with van der Waals surface area (Å²) in [6.07, 6.45) is 0.854. The summed E-state index contributed by atoms with van der Waals surface area (Å²) < 4.78 is 22.1. The minimum absolute atomic E-state index is 0.260. The summed E-state index contributed by atoms with van der Waals surface area (Å²) in [4.78, 5) is 28.8. The number of hydrogen-bond donors (Lipinski definition) is 1. The normalized spacial score (nSPS) is 13.3. The van der Waals surface area contributed by atoms with Crippen LogP contribution in [0.2, 0.25) is 0 Å². The van der Waals surface area contributed by atoms with Gasteiger partial charge in [0.1, 0.15) is 17.3 Å². The monoisotopic (exact) mass is 570 g/mol. The fraction of sp³-hybridized carbons (Fsp3) is 0.258. The SMILES string of the molecule is COc1ccc(N(C(=O)Oc2ccccc2OC)c2ccnc(Nc3ccc(N4CCN(C)CC4)cc3)n2)c(OC)c1. The molecule has 0 aliphatic carbocycles. The number of carbonyl (C=O) groups excluding carboxylic acids is 1. The molecule has 0 bridgehead atoms. The fourth-order valence-electron chi connectivity index (χ4n) is 4.61. The molecule has 3 aromatic carbocycles. The molecule has 11 nitrogen and oxygen atoms in total. The van der Waals surface area contributed by atoms with E-state index in [1.54, 1.807) is 61.8 Å². The standard InChI is InChI=1S/C31H34N6O5/c1-35-17-19-36(20-18-35)23-11-9-22(10-12-23)33-30-32-16-15-29(34-30)37(25-14-13-24(39-2)21-28(25)41-4)31(38)42-27-8-6-5-7-26(27)40-3/h5-16,21H,17-20H2,1-4H3,(H,32,33,34). The van der Waals surface area contributed by atoms with Gasteiger partial charge in [-0.1, -0.05) is 12.1 Å². The van der Waals surface area contributed by atoms with E-state index in [1.807, 2.05) is 12.1 Å². The van der Waals surface area contributed by atoms with E-state index in [9.17, 15) is 4.79 Å². The zero-order valence-electron chi connectivity index (χ0n) is 24.1. The molecule has 11 heteroatoms. The third-order valence-corrected chi connectivity index (χ3v) is 6.94. The van der Waals surface area contributed by atoms with Crippen LogP contribution < -0.4 is 34.1 Å². The lowest BCUT2D eigenvalue weighted by Crippen LogP contribution is -2.44. The number of likely N-dealkylation sites (N-methyl/N-ethyl adjacent to an activating group) is 1. The molecule has 2 heterocycles. The maximum absolute atomic E-state index is 13.8. The van der Waals surface area contributed by atoms with E-state index >= 15 is 0 Å². The minimum Gasteiger partial charge on any atom is -0.497 e. The van der Waals surface area contributed by atoms with Gasteiger partial charge in [-0.05, 0) is 55.6 Å². The van der Waals surface area contributed by atoms with Crippen molar-refractivity contribution in [2.24, 2.45) is 0 Å². The van der Waals surface area contributed by atoms with Crippen molar-refractivity contribution in [1.29, 1.82) is 0 Å². The fourth-order valence-corrected chi connectivity index (χ4v) is 4.61. The molecule has 1 amide bonds. The van der Waals surface area contributed by atoms with Crippen LogP contribution >= 0.6 is 0 Å². The Morgan fingerprint density at radius 3 is 2.24 bits per heavy atom. The van der Waals surface area contributed by atoms with Crippen LogP contribution in [0.25, 0.3) is 0 Å². The van der Waals surface area contributed by atoms with Gasteiger partial charge >= 0.3 is 6.09 Å². The van der Waals surface area contributed by atoms with Gasteiger partial charge < -0.3 is 34.1 Å². The van der Waals surface area contributed by atoms with Crippen LogP contribution in [0.1, 0.15) is 0 Å². The van der Waals surface area contributed by atoms with Gasteiger partial charge in [-0.3, -0.25) is 0 Å². The van der Waals surface area contributed by atoms with E-state index in [0.29, 0.717) is 28.9 Å². The van der Waals surface area contributed by atoms with Crippen molar-refractivity contribution < 1.29 is 23.7 Å². The van der Waals surface area contributed by atoms with Crippen LogP contribution in [0.15, 0.2) is 79.0 Å². The Kier molecular flexibility index (Phi) is 8.88. The number of carbonyl (C=O) groups is 1. The molecule has 1 aliphatic heterocycles. The number of aromatic nitrogens is 2. The lowest BCUT2D eigenvalue weighted by Gasteiger charge is -2.34. The molecule has 1 N–H and O–H groups in total. The first-order valence-electron chi connectivity index (χ1n) is 13.5. The highest BCUT2D eigenvalue weighted by molar-refractivity contribution is 5.98. The molecule has 0 spiro atoms. The van der Waals surface area contributed by atoms with Gasteiger partial charge in [0.2, 0.25) is 5.95 Å². The highest BCUT2D eigenvalue weighted by Gasteiger charge is 2.27. The van der Waals surface area contributed by atoms with Gasteiger partial charge in [0.05, 0.1) is 27.0 Å². The van der Waals surface area contributed by atoms with Gasteiger partial charge in [-0.25, -0.2) is 14.7 Å². The van der Waals surface area contributed by atoms with Crippen LogP contribution in [-0.2, 0) is 0 Å². The summed E-state index contributed by atoms with van der Waals surface area (Å²) in [6.45, 7) is 4.05. The van der Waals surface area contributed by atoms with Crippen molar-refractivity contribution in [1.82, 2.24) is 14.9 Å². The Labute approximate surface area is 245 Å². The van der Waals surface area contributed by atoms with Crippen LogP contribution in [0.3, 0.4) is 0 Å². The quantitative estimate of drug-likeness (QED) is 0.284. The van der Waals surface area contributed by atoms with Crippen LogP contribution in [0.5, 0.6) is 23.0 Å². The first kappa shape index (κ1) is 28.5. The van der Waals surface area contributed by atoms with E-state index in [4.69, 9.17) is 18.9 Å². The van der Waals surface area contributed by atoms with Crippen molar-refractivity contribution in [3.8, 4) is 23.0 Å². The maximum atomic E-state index is 13.8. The minimum atomic E-state index is -0.718. The van der Waals surface area contributed by atoms with Crippen molar-refractivity contribution in [2.45, 2.75) is 0 Å². The van der Waals surface area contributed by atoms with Gasteiger partial charge in [0, 0.05) is 55.9 Å². The Morgan fingerprint density at radius 2 is 1.55 bits per heavy atom. The van der Waals surface area contributed by atoms with E-state index < -0.39 is 6.09 Å². The molecular formula is C31H34N6O5. The number of piperazine rings is 1. The number of rotatable bonds is 9. The van der Waals surface area contributed by atoms with Gasteiger partial charge in [0.25, 0.3) is 0 Å². The Hall–Kier alpha value is -5.03. The summed E-state index contributed by atoms with van der Waals surface area (Å²) in [5.41, 5.74) is 2.38. The number of anilines is 5. The lowest BCUT2D eigenvalue weighted by atomic mass is 10.2. The second-order valence-corrected chi connectivity index (χ2v) is 9.59. The zero-order chi connectivity index (χ0) is 29.5. The molecular weight excluding hydrogens is 536 g/mol. The lowest BCUT2D eigenvalue weighted by molar-refractivity contribution is 0.208. The molecule has 42 heavy (non-hydrogen) atoms. The van der Waals surface area contributed by atoms with E-state index in [-0.39, 0.29) is 11.6 Å². The number of ether oxygens (including phenoxy) is 4. The third kappa shape index (κ3) is 6.47. The molecule has 4 aromatic rings. The van der Waals surface area contributed by atoms with Crippen LogP contribution in [0, 0.1) is 0 Å². The zero-order valence-corrected chi connectivity index (χ0v) is 24.1. The summed E-state index contributed by atoms with van der Waals surface area (Å²) >= 11 is 0. The number of hydrogen-bond acceptors (Lipinski definition) is 10. The van der Waals surface area contributed by atoms with E-state index in [2.05, 4.69) is 44.3 Å². The molecule has 218 valence electrons. The topological polar surface area (TPSA) is 102 Å². The highest BCUT2D eigenvalue weighted by Crippen LogP contribution is 2.37. The Balaban J connectivity index is 1.44. The molecule has 1 aromatic heterocycles. The second kappa shape index (κ2) is 13.1. The second-order valence-electron chi connectivity index (χ2n) is 9.59. The number of amides is 1. The largest absolute Gasteiger partial charge is 0.497 e. The molecule has 1 aliphatic rings. The first-order valence-corrected chi connectivity index (χ1v) is 13.5. The summed E-state index contributed by atoms with van der Waals surface area (Å²) in [5, 5.41) is 3.24. The van der Waals surface area contributed by atoms with E-state index in [0.717, 1.165) is 31.9 Å². The molecule has 0 radical (unpaired) electrons. The van der Waals surface area contributed by atoms with Crippen LogP contribution in [-0.4, -0.2) is 75.5 Å². The number of nitrogens with one attached hydrogen (secondary N) is 1. The summed E-state index contributed by atoms with van der Waals surface area (Å²) in [7, 11) is 6.72. The average molecular weight is 571 g/mol.